The molecule has 1 heterocycles. The van der Waals surface area contributed by atoms with Gasteiger partial charge in [-0.15, -0.1) is 0 Å². The molecule has 0 aromatic heterocycles. The van der Waals surface area contributed by atoms with Crippen molar-refractivity contribution in [2.24, 2.45) is 11.0 Å². The van der Waals surface area contributed by atoms with Crippen LogP contribution >= 0.6 is 11.6 Å². The van der Waals surface area contributed by atoms with Crippen LogP contribution < -0.4 is 4.74 Å². The summed E-state index contributed by atoms with van der Waals surface area (Å²) in [7, 11) is 1.50. The van der Waals surface area contributed by atoms with Gasteiger partial charge in [-0.2, -0.15) is 18.3 Å². The van der Waals surface area contributed by atoms with Crippen molar-refractivity contribution in [2.45, 2.75) is 19.1 Å². The maximum atomic E-state index is 12.8. The van der Waals surface area contributed by atoms with Gasteiger partial charge in [0.05, 0.1) is 13.7 Å². The van der Waals surface area contributed by atoms with Gasteiger partial charge in [-0.3, -0.25) is 4.79 Å². The summed E-state index contributed by atoms with van der Waals surface area (Å²) in [6, 6.07) is 6.59. The zero-order chi connectivity index (χ0) is 15.6. The van der Waals surface area contributed by atoms with E-state index < -0.39 is 24.4 Å². The number of amides is 1. The fraction of sp³-hybridized carbons (Fsp3) is 0.385. The number of carbonyl (C=O) groups excluding carboxylic acids is 1. The minimum Gasteiger partial charge on any atom is -0.497 e. The lowest BCUT2D eigenvalue weighted by molar-refractivity contribution is -0.189. The second kappa shape index (κ2) is 5.93. The molecule has 1 aromatic carbocycles. The molecule has 1 aliphatic rings. The molecule has 0 N–H and O–H groups in total. The van der Waals surface area contributed by atoms with Crippen molar-refractivity contribution >= 4 is 22.7 Å². The number of ether oxygens (including phenoxy) is 1. The van der Waals surface area contributed by atoms with Gasteiger partial charge in [-0.1, -0.05) is 23.7 Å². The number of halogens is 4. The van der Waals surface area contributed by atoms with Crippen LogP contribution in [0.1, 0.15) is 12.0 Å². The lowest BCUT2D eigenvalue weighted by Crippen LogP contribution is -2.44. The average Bonchev–Trinajstić information content (AvgIpc) is 2.42. The zero-order valence-electron chi connectivity index (χ0n) is 11.0. The minimum atomic E-state index is -4.63. The molecule has 8 heteroatoms. The summed E-state index contributed by atoms with van der Waals surface area (Å²) >= 11 is 5.63. The Bertz CT molecular complexity index is 558. The van der Waals surface area contributed by atoms with Gasteiger partial charge in [0.2, 0.25) is 0 Å². The maximum absolute atomic E-state index is 12.8. The highest BCUT2D eigenvalue weighted by Crippen LogP contribution is 2.34. The first-order chi connectivity index (χ1) is 9.81. The van der Waals surface area contributed by atoms with E-state index in [2.05, 4.69) is 5.10 Å². The highest BCUT2D eigenvalue weighted by molar-refractivity contribution is 6.65. The van der Waals surface area contributed by atoms with Gasteiger partial charge in [0.15, 0.2) is 0 Å². The molecule has 0 radical (unpaired) electrons. The molecule has 0 spiro atoms. The third kappa shape index (κ3) is 3.66. The molecule has 0 saturated heterocycles. The molecular formula is C13H12ClF3N2O2. The fourth-order valence-corrected chi connectivity index (χ4v) is 2.18. The van der Waals surface area contributed by atoms with Crippen molar-refractivity contribution < 1.29 is 22.7 Å². The lowest BCUT2D eigenvalue weighted by atomic mass is 10.0. The molecule has 1 atom stereocenters. The number of hydrazone groups is 1. The molecule has 1 unspecified atom stereocenters. The summed E-state index contributed by atoms with van der Waals surface area (Å²) in [4.78, 5) is 11.9. The number of hydrogen-bond acceptors (Lipinski definition) is 3. The second-order valence-electron chi connectivity index (χ2n) is 4.52. The lowest BCUT2D eigenvalue weighted by Gasteiger charge is -2.29. The first-order valence-corrected chi connectivity index (χ1v) is 6.43. The van der Waals surface area contributed by atoms with Crippen LogP contribution in [0.4, 0.5) is 13.2 Å². The van der Waals surface area contributed by atoms with Crippen LogP contribution in [0.25, 0.3) is 0 Å². The van der Waals surface area contributed by atoms with Crippen LogP contribution in [-0.2, 0) is 11.3 Å². The molecule has 1 amide bonds. The molecule has 0 fully saturated rings. The topological polar surface area (TPSA) is 41.9 Å². The van der Waals surface area contributed by atoms with E-state index in [4.69, 9.17) is 16.3 Å². The van der Waals surface area contributed by atoms with E-state index in [-0.39, 0.29) is 11.7 Å². The molecule has 114 valence electrons. The molecular weight excluding hydrogens is 309 g/mol. The van der Waals surface area contributed by atoms with Gasteiger partial charge in [0, 0.05) is 6.42 Å². The van der Waals surface area contributed by atoms with Crippen LogP contribution in [0.3, 0.4) is 0 Å². The van der Waals surface area contributed by atoms with Crippen molar-refractivity contribution in [1.29, 1.82) is 0 Å². The normalized spacial score (nSPS) is 19.5. The highest BCUT2D eigenvalue weighted by atomic mass is 35.5. The van der Waals surface area contributed by atoms with E-state index in [9.17, 15) is 18.0 Å². The Morgan fingerprint density at radius 1 is 1.38 bits per heavy atom. The van der Waals surface area contributed by atoms with E-state index in [0.717, 1.165) is 5.01 Å². The molecule has 2 rings (SSSR count). The minimum absolute atomic E-state index is 0.0778. The molecule has 0 aliphatic carbocycles. The van der Waals surface area contributed by atoms with Crippen LogP contribution in [-0.4, -0.2) is 29.4 Å². The van der Waals surface area contributed by atoms with Crippen LogP contribution in [0.5, 0.6) is 5.75 Å². The van der Waals surface area contributed by atoms with Crippen molar-refractivity contribution in [3.05, 3.63) is 29.8 Å². The van der Waals surface area contributed by atoms with E-state index in [1.165, 1.54) is 7.11 Å². The van der Waals surface area contributed by atoms with Crippen molar-refractivity contribution in [3.8, 4) is 5.75 Å². The number of alkyl halides is 3. The number of hydrogen-bond donors (Lipinski definition) is 0. The molecule has 1 aliphatic heterocycles. The largest absolute Gasteiger partial charge is 0.497 e. The molecule has 21 heavy (non-hydrogen) atoms. The Kier molecular flexibility index (Phi) is 4.41. The Balaban J connectivity index is 2.18. The fourth-order valence-electron chi connectivity index (χ4n) is 1.93. The maximum Gasteiger partial charge on any atom is 0.400 e. The molecule has 4 nitrogen and oxygen atoms in total. The molecule has 0 saturated carbocycles. The predicted molar refractivity (Wildman–Crippen MR) is 71.0 cm³/mol. The first-order valence-electron chi connectivity index (χ1n) is 6.05. The molecule has 0 bridgehead atoms. The summed E-state index contributed by atoms with van der Waals surface area (Å²) in [6.07, 6.45) is -5.24. The van der Waals surface area contributed by atoms with Gasteiger partial charge < -0.3 is 4.74 Å². The second-order valence-corrected chi connectivity index (χ2v) is 4.95. The van der Waals surface area contributed by atoms with Crippen molar-refractivity contribution in [3.63, 3.8) is 0 Å². The van der Waals surface area contributed by atoms with Gasteiger partial charge in [-0.05, 0) is 17.7 Å². The SMILES string of the molecule is COc1ccc(CN2N=C(Cl)CC(C(F)(F)F)C2=O)cc1. The number of benzene rings is 1. The first kappa shape index (κ1) is 15.6. The third-order valence-electron chi connectivity index (χ3n) is 3.04. The Labute approximate surface area is 124 Å². The summed E-state index contributed by atoms with van der Waals surface area (Å²) in [5.74, 6) is -2.62. The third-order valence-corrected chi connectivity index (χ3v) is 3.27. The Morgan fingerprint density at radius 3 is 2.52 bits per heavy atom. The smallest absolute Gasteiger partial charge is 0.400 e. The summed E-state index contributed by atoms with van der Waals surface area (Å²) < 4.78 is 43.4. The quantitative estimate of drug-likeness (QED) is 0.858. The van der Waals surface area contributed by atoms with Crippen molar-refractivity contribution in [1.82, 2.24) is 5.01 Å². The molecule has 1 aromatic rings. The van der Waals surface area contributed by atoms with E-state index >= 15 is 0 Å². The van der Waals surface area contributed by atoms with Gasteiger partial charge in [0.25, 0.3) is 5.91 Å². The Hall–Kier alpha value is -1.76. The van der Waals surface area contributed by atoms with Gasteiger partial charge in [-0.25, -0.2) is 5.01 Å². The van der Waals surface area contributed by atoms with Gasteiger partial charge in [0.1, 0.15) is 16.8 Å². The van der Waals surface area contributed by atoms with Crippen molar-refractivity contribution in [2.75, 3.05) is 7.11 Å². The predicted octanol–water partition coefficient (Wildman–Crippen LogP) is 3.16. The van der Waals surface area contributed by atoms with Gasteiger partial charge >= 0.3 is 6.18 Å². The number of nitrogens with zero attached hydrogens (tertiary/aromatic N) is 2. The monoisotopic (exact) mass is 320 g/mol. The number of methoxy groups -OCH3 is 1. The Morgan fingerprint density at radius 2 is 2.00 bits per heavy atom. The zero-order valence-corrected chi connectivity index (χ0v) is 11.8. The number of carbonyl (C=O) groups is 1. The van der Waals surface area contributed by atoms with Crippen LogP contribution in [0.15, 0.2) is 29.4 Å². The van der Waals surface area contributed by atoms with E-state index in [1.807, 2.05) is 0 Å². The summed E-state index contributed by atoms with van der Waals surface area (Å²) in [6.45, 7) is -0.0778. The van der Waals surface area contributed by atoms with Crippen LogP contribution in [0.2, 0.25) is 0 Å². The summed E-state index contributed by atoms with van der Waals surface area (Å²) in [5.41, 5.74) is 0.625. The van der Waals surface area contributed by atoms with E-state index in [0.29, 0.717) is 11.3 Å². The highest BCUT2D eigenvalue weighted by Gasteiger charge is 2.49. The van der Waals surface area contributed by atoms with E-state index in [1.54, 1.807) is 24.3 Å². The van der Waals surface area contributed by atoms with Crippen LogP contribution in [0, 0.1) is 5.92 Å². The standard InChI is InChI=1S/C13H12ClF3N2O2/c1-21-9-4-2-8(3-5-9)7-19-12(20)10(13(15,16)17)6-11(14)18-19/h2-5,10H,6-7H2,1H3. The average molecular weight is 321 g/mol. The summed E-state index contributed by atoms with van der Waals surface area (Å²) in [5, 5.41) is 4.22. The number of rotatable bonds is 3.